The zero-order valence-electron chi connectivity index (χ0n) is 21.4. The summed E-state index contributed by atoms with van der Waals surface area (Å²) >= 11 is 1.75. The van der Waals surface area contributed by atoms with Crippen LogP contribution in [0, 0.1) is 11.8 Å². The Morgan fingerprint density at radius 1 is 1.00 bits per heavy atom. The maximum absolute atomic E-state index is 11.1. The van der Waals surface area contributed by atoms with Crippen molar-refractivity contribution in [1.29, 1.82) is 0 Å². The van der Waals surface area contributed by atoms with E-state index in [1.165, 1.54) is 43.5 Å². The molecule has 0 saturated heterocycles. The van der Waals surface area contributed by atoms with E-state index in [0.29, 0.717) is 17.9 Å². The molecule has 0 N–H and O–H groups in total. The van der Waals surface area contributed by atoms with Gasteiger partial charge in [-0.3, -0.25) is 0 Å². The molecule has 1 atom stereocenters. The third-order valence-corrected chi connectivity index (χ3v) is 8.85. The standard InChI is InChI=1S/C30H35NO3S.Na/c1-20-6-14-25(15-7-20)34-26-16-12-23(13-17-26)28-19-35-29(31-28)27(22-4-2-3-5-22)18-21-8-10-24(11-9-21)30(32)33;/h8-13,16-17,19-20,22,25,27H,2-7,14-15,18H2,1H3,(H,32,33);/q;+1/p-1. The smallest absolute Gasteiger partial charge is 0.545 e. The Balaban J connectivity index is 0.00000304. The summed E-state index contributed by atoms with van der Waals surface area (Å²) < 4.78 is 6.24. The number of aromatic carboxylic acids is 1. The van der Waals surface area contributed by atoms with Crippen LogP contribution >= 0.6 is 11.3 Å². The number of aromatic nitrogens is 1. The van der Waals surface area contributed by atoms with Gasteiger partial charge in [0, 0.05) is 16.9 Å². The summed E-state index contributed by atoms with van der Waals surface area (Å²) in [6.07, 6.45) is 11.1. The number of carbonyl (C=O) groups is 1. The van der Waals surface area contributed by atoms with Gasteiger partial charge in [-0.25, -0.2) is 4.98 Å². The van der Waals surface area contributed by atoms with Crippen molar-refractivity contribution in [3.63, 3.8) is 0 Å². The Bertz CT molecular complexity index is 1110. The maximum Gasteiger partial charge on any atom is 1.00 e. The van der Waals surface area contributed by atoms with E-state index < -0.39 is 5.97 Å². The van der Waals surface area contributed by atoms with Gasteiger partial charge in [0.15, 0.2) is 0 Å². The van der Waals surface area contributed by atoms with Gasteiger partial charge in [-0.15, -0.1) is 11.3 Å². The number of benzene rings is 2. The minimum atomic E-state index is -1.13. The SMILES string of the molecule is CC1CCC(Oc2ccc(-c3csc(C(Cc4ccc(C(=O)[O-])cc4)C4CCCC4)n3)cc2)CC1.[Na+]. The molecule has 5 rings (SSSR count). The van der Waals surface area contributed by atoms with Crippen LogP contribution in [0.15, 0.2) is 53.9 Å². The fourth-order valence-corrected chi connectivity index (χ4v) is 6.70. The summed E-state index contributed by atoms with van der Waals surface area (Å²) in [5.41, 5.74) is 3.54. The van der Waals surface area contributed by atoms with Crippen molar-refractivity contribution < 1.29 is 44.2 Å². The quantitative estimate of drug-likeness (QED) is 0.433. The number of carboxylic acids is 1. The second kappa shape index (κ2) is 12.7. The molecule has 184 valence electrons. The van der Waals surface area contributed by atoms with Gasteiger partial charge >= 0.3 is 29.6 Å². The molecule has 0 aliphatic heterocycles. The van der Waals surface area contributed by atoms with Crippen molar-refractivity contribution >= 4 is 17.3 Å². The first-order valence-electron chi connectivity index (χ1n) is 13.1. The summed E-state index contributed by atoms with van der Waals surface area (Å²) in [7, 11) is 0. The number of ether oxygens (including phenoxy) is 1. The van der Waals surface area contributed by atoms with Crippen LogP contribution in [-0.4, -0.2) is 17.1 Å². The number of hydrogen-bond donors (Lipinski definition) is 0. The van der Waals surface area contributed by atoms with Gasteiger partial charge in [-0.1, -0.05) is 44.0 Å². The van der Waals surface area contributed by atoms with Gasteiger partial charge in [0.1, 0.15) is 5.75 Å². The first-order chi connectivity index (χ1) is 17.0. The molecule has 2 fully saturated rings. The minimum absolute atomic E-state index is 0. The van der Waals surface area contributed by atoms with Crippen LogP contribution in [0.25, 0.3) is 11.3 Å². The molecule has 4 nitrogen and oxygen atoms in total. The van der Waals surface area contributed by atoms with Gasteiger partial charge < -0.3 is 14.6 Å². The fraction of sp³-hybridized carbons (Fsp3) is 0.467. The van der Waals surface area contributed by atoms with Crippen molar-refractivity contribution in [3.8, 4) is 17.0 Å². The number of nitrogens with zero attached hydrogens (tertiary/aromatic N) is 1. The third kappa shape index (κ3) is 6.80. The van der Waals surface area contributed by atoms with Gasteiger partial charge in [0.2, 0.25) is 0 Å². The average molecular weight is 512 g/mol. The Labute approximate surface area is 240 Å². The summed E-state index contributed by atoms with van der Waals surface area (Å²) in [6.45, 7) is 2.33. The molecule has 3 aromatic rings. The summed E-state index contributed by atoms with van der Waals surface area (Å²) in [6, 6.07) is 15.6. The average Bonchev–Trinajstić information content (AvgIpc) is 3.58. The number of thiazole rings is 1. The van der Waals surface area contributed by atoms with Crippen LogP contribution in [0.1, 0.15) is 85.1 Å². The molecule has 1 unspecified atom stereocenters. The van der Waals surface area contributed by atoms with Crippen LogP contribution < -0.4 is 39.4 Å². The van der Waals surface area contributed by atoms with E-state index in [1.807, 2.05) is 12.1 Å². The Morgan fingerprint density at radius 2 is 1.67 bits per heavy atom. The second-order valence-electron chi connectivity index (χ2n) is 10.4. The van der Waals surface area contributed by atoms with E-state index in [4.69, 9.17) is 9.72 Å². The monoisotopic (exact) mass is 511 g/mol. The topological polar surface area (TPSA) is 62.2 Å². The molecule has 36 heavy (non-hydrogen) atoms. The van der Waals surface area contributed by atoms with Gasteiger partial charge in [0.05, 0.1) is 22.8 Å². The van der Waals surface area contributed by atoms with Crippen molar-refractivity contribution in [3.05, 3.63) is 70.0 Å². The predicted molar refractivity (Wildman–Crippen MR) is 139 cm³/mol. The summed E-state index contributed by atoms with van der Waals surface area (Å²) in [5.74, 6) is 1.64. The van der Waals surface area contributed by atoms with Crippen LogP contribution in [0.4, 0.5) is 0 Å². The van der Waals surface area contributed by atoms with Crippen LogP contribution in [0.2, 0.25) is 0 Å². The minimum Gasteiger partial charge on any atom is -0.545 e. The molecule has 1 aromatic heterocycles. The third-order valence-electron chi connectivity index (χ3n) is 7.87. The van der Waals surface area contributed by atoms with E-state index in [2.05, 4.69) is 36.6 Å². The van der Waals surface area contributed by atoms with E-state index in [9.17, 15) is 9.90 Å². The molecular weight excluding hydrogens is 477 g/mol. The molecule has 6 heteroatoms. The van der Waals surface area contributed by atoms with Crippen molar-refractivity contribution in [1.82, 2.24) is 4.98 Å². The number of hydrogen-bond acceptors (Lipinski definition) is 5. The van der Waals surface area contributed by atoms with Gasteiger partial charge in [-0.2, -0.15) is 0 Å². The fourth-order valence-electron chi connectivity index (χ4n) is 5.68. The molecule has 1 heterocycles. The Hall–Kier alpha value is -1.66. The van der Waals surface area contributed by atoms with E-state index in [-0.39, 0.29) is 35.1 Å². The number of carbonyl (C=O) groups excluding carboxylic acids is 1. The van der Waals surface area contributed by atoms with Crippen LogP contribution in [-0.2, 0) is 6.42 Å². The van der Waals surface area contributed by atoms with Gasteiger partial charge in [0.25, 0.3) is 0 Å². The molecule has 0 amide bonds. The van der Waals surface area contributed by atoms with Crippen LogP contribution in [0.3, 0.4) is 0 Å². The first kappa shape index (κ1) is 27.4. The normalized spacial score (nSPS) is 21.0. The molecule has 2 saturated carbocycles. The van der Waals surface area contributed by atoms with Crippen LogP contribution in [0.5, 0.6) is 5.75 Å². The first-order valence-corrected chi connectivity index (χ1v) is 14.0. The Morgan fingerprint density at radius 3 is 2.31 bits per heavy atom. The predicted octanol–water partition coefficient (Wildman–Crippen LogP) is 3.65. The summed E-state index contributed by atoms with van der Waals surface area (Å²) in [4.78, 5) is 16.2. The largest absolute Gasteiger partial charge is 1.00 e. The van der Waals surface area contributed by atoms with Crippen molar-refractivity contribution in [2.45, 2.75) is 76.7 Å². The molecule has 2 aliphatic rings. The molecule has 0 radical (unpaired) electrons. The van der Waals surface area contributed by atoms with E-state index >= 15 is 0 Å². The van der Waals surface area contributed by atoms with Crippen molar-refractivity contribution in [2.24, 2.45) is 11.8 Å². The zero-order chi connectivity index (χ0) is 24.2. The second-order valence-corrected chi connectivity index (χ2v) is 11.3. The number of carboxylic acid groups (broad SMARTS) is 1. The Kier molecular flexibility index (Phi) is 9.68. The summed E-state index contributed by atoms with van der Waals surface area (Å²) in [5, 5.41) is 14.5. The molecule has 0 spiro atoms. The molecular formula is C30H34NNaO3S. The van der Waals surface area contributed by atoms with E-state index in [1.54, 1.807) is 23.5 Å². The molecule has 2 aromatic carbocycles. The van der Waals surface area contributed by atoms with E-state index in [0.717, 1.165) is 47.8 Å². The number of rotatable bonds is 8. The zero-order valence-corrected chi connectivity index (χ0v) is 24.3. The maximum atomic E-state index is 11.1. The molecule has 0 bridgehead atoms. The van der Waals surface area contributed by atoms with Gasteiger partial charge in [-0.05, 0) is 92.2 Å². The van der Waals surface area contributed by atoms with Crippen molar-refractivity contribution in [2.75, 3.05) is 0 Å². The molecule has 2 aliphatic carbocycles.